The van der Waals surface area contributed by atoms with Crippen LogP contribution in [-0.4, -0.2) is 11.1 Å². The van der Waals surface area contributed by atoms with E-state index >= 15 is 0 Å². The maximum atomic E-state index is 13.7. The van der Waals surface area contributed by atoms with Crippen LogP contribution in [0.2, 0.25) is 5.02 Å². The molecular formula is C17H11ClFNO3. The number of hydrogen-bond acceptors (Lipinski definition) is 4. The van der Waals surface area contributed by atoms with Crippen molar-refractivity contribution in [2.45, 2.75) is 6.61 Å². The van der Waals surface area contributed by atoms with Crippen LogP contribution in [0.4, 0.5) is 4.39 Å². The smallest absolute Gasteiger partial charge is 0.338 e. The van der Waals surface area contributed by atoms with Gasteiger partial charge in [-0.25, -0.2) is 9.18 Å². The first kappa shape index (κ1) is 15.2. The average Bonchev–Trinajstić information content (AvgIpc) is 3.02. The zero-order valence-corrected chi connectivity index (χ0v) is 12.6. The van der Waals surface area contributed by atoms with Gasteiger partial charge in [0.1, 0.15) is 18.1 Å². The Labute approximate surface area is 136 Å². The molecule has 3 aromatic rings. The van der Waals surface area contributed by atoms with Gasteiger partial charge in [-0.2, -0.15) is 0 Å². The molecule has 0 amide bonds. The van der Waals surface area contributed by atoms with Crippen molar-refractivity contribution in [3.05, 3.63) is 76.7 Å². The van der Waals surface area contributed by atoms with Gasteiger partial charge in [0.2, 0.25) is 0 Å². The van der Waals surface area contributed by atoms with E-state index in [0.29, 0.717) is 21.8 Å². The first-order chi connectivity index (χ1) is 11.1. The van der Waals surface area contributed by atoms with E-state index < -0.39 is 11.8 Å². The van der Waals surface area contributed by atoms with E-state index in [4.69, 9.17) is 20.9 Å². The number of carbonyl (C=O) groups is 1. The van der Waals surface area contributed by atoms with Crippen molar-refractivity contribution in [3.8, 4) is 11.3 Å². The van der Waals surface area contributed by atoms with Gasteiger partial charge >= 0.3 is 5.97 Å². The summed E-state index contributed by atoms with van der Waals surface area (Å²) in [4.78, 5) is 11.9. The van der Waals surface area contributed by atoms with Gasteiger partial charge in [0.05, 0.1) is 11.1 Å². The molecule has 0 bridgehead atoms. The fourth-order valence-electron chi connectivity index (χ4n) is 2.01. The molecule has 0 aliphatic heterocycles. The van der Waals surface area contributed by atoms with Crippen molar-refractivity contribution in [2.24, 2.45) is 0 Å². The second-order valence-corrected chi connectivity index (χ2v) is 5.19. The van der Waals surface area contributed by atoms with Crippen molar-refractivity contribution in [2.75, 3.05) is 0 Å². The summed E-state index contributed by atoms with van der Waals surface area (Å²) >= 11 is 5.82. The number of aromatic nitrogens is 1. The van der Waals surface area contributed by atoms with E-state index in [1.54, 1.807) is 36.4 Å². The third-order valence-corrected chi connectivity index (χ3v) is 3.34. The van der Waals surface area contributed by atoms with Gasteiger partial charge in [0.25, 0.3) is 0 Å². The van der Waals surface area contributed by atoms with E-state index in [1.165, 1.54) is 18.2 Å². The third kappa shape index (κ3) is 3.57. The molecule has 116 valence electrons. The molecule has 1 aromatic heterocycles. The van der Waals surface area contributed by atoms with Crippen LogP contribution in [0, 0.1) is 5.82 Å². The van der Waals surface area contributed by atoms with Gasteiger partial charge in [0.15, 0.2) is 5.76 Å². The van der Waals surface area contributed by atoms with Crippen molar-refractivity contribution in [1.29, 1.82) is 0 Å². The Morgan fingerprint density at radius 2 is 2.00 bits per heavy atom. The molecule has 0 aliphatic rings. The molecule has 0 N–H and O–H groups in total. The number of rotatable bonds is 4. The predicted octanol–water partition coefficient (Wildman–Crippen LogP) is 4.49. The number of benzene rings is 2. The van der Waals surface area contributed by atoms with Crippen LogP contribution in [0.5, 0.6) is 0 Å². The van der Waals surface area contributed by atoms with Gasteiger partial charge in [-0.05, 0) is 30.3 Å². The van der Waals surface area contributed by atoms with Crippen LogP contribution in [0.3, 0.4) is 0 Å². The minimum Gasteiger partial charge on any atom is -0.455 e. The van der Waals surface area contributed by atoms with Crippen LogP contribution in [0.1, 0.15) is 16.1 Å². The largest absolute Gasteiger partial charge is 0.455 e. The summed E-state index contributed by atoms with van der Waals surface area (Å²) < 4.78 is 23.9. The average molecular weight is 332 g/mol. The zero-order valence-electron chi connectivity index (χ0n) is 11.8. The minimum atomic E-state index is -0.525. The minimum absolute atomic E-state index is 0.0801. The number of halogens is 2. The van der Waals surface area contributed by atoms with Crippen molar-refractivity contribution < 1.29 is 18.4 Å². The second kappa shape index (κ2) is 6.62. The zero-order chi connectivity index (χ0) is 16.2. The Bertz CT molecular complexity index is 847. The van der Waals surface area contributed by atoms with Crippen LogP contribution >= 0.6 is 11.6 Å². The van der Waals surface area contributed by atoms with Crippen molar-refractivity contribution in [3.63, 3.8) is 0 Å². The third-order valence-electron chi connectivity index (χ3n) is 3.11. The monoisotopic (exact) mass is 331 g/mol. The van der Waals surface area contributed by atoms with E-state index in [1.807, 2.05) is 0 Å². The highest BCUT2D eigenvalue weighted by atomic mass is 35.5. The first-order valence-electron chi connectivity index (χ1n) is 6.76. The lowest BCUT2D eigenvalue weighted by atomic mass is 10.1. The Kier molecular flexibility index (Phi) is 4.39. The molecule has 2 aromatic carbocycles. The molecule has 6 heteroatoms. The molecule has 0 radical (unpaired) electrons. The van der Waals surface area contributed by atoms with Gasteiger partial charge in [0, 0.05) is 11.1 Å². The summed E-state index contributed by atoms with van der Waals surface area (Å²) in [5.41, 5.74) is 1.03. The topological polar surface area (TPSA) is 52.3 Å². The molecule has 1 heterocycles. The molecule has 0 aliphatic carbocycles. The lowest BCUT2D eigenvalue weighted by Crippen LogP contribution is -2.05. The van der Waals surface area contributed by atoms with E-state index in [9.17, 15) is 9.18 Å². The number of carbonyl (C=O) groups excluding carboxylic acids is 1. The molecule has 4 nitrogen and oxygen atoms in total. The SMILES string of the molecule is O=C(OCc1cc(-c2ccccc2F)on1)c1cccc(Cl)c1. The summed E-state index contributed by atoms with van der Waals surface area (Å²) in [5, 5.41) is 4.22. The molecule has 0 atom stereocenters. The van der Waals surface area contributed by atoms with E-state index in [-0.39, 0.29) is 12.4 Å². The van der Waals surface area contributed by atoms with Crippen LogP contribution < -0.4 is 0 Å². The standard InChI is InChI=1S/C17H11ClFNO3/c18-12-5-3-4-11(8-12)17(21)22-10-13-9-16(23-20-13)14-6-1-2-7-15(14)19/h1-9H,10H2. The van der Waals surface area contributed by atoms with Crippen molar-refractivity contribution >= 4 is 17.6 Å². The highest BCUT2D eigenvalue weighted by molar-refractivity contribution is 6.30. The number of hydrogen-bond donors (Lipinski definition) is 0. The first-order valence-corrected chi connectivity index (χ1v) is 7.14. The Balaban J connectivity index is 1.68. The summed E-state index contributed by atoms with van der Waals surface area (Å²) in [6, 6.07) is 14.2. The summed E-state index contributed by atoms with van der Waals surface area (Å²) in [6.07, 6.45) is 0. The van der Waals surface area contributed by atoms with Gasteiger partial charge in [-0.1, -0.05) is 35.0 Å². The maximum Gasteiger partial charge on any atom is 0.338 e. The Hall–Kier alpha value is -2.66. The fraction of sp³-hybridized carbons (Fsp3) is 0.0588. The summed E-state index contributed by atoms with van der Waals surface area (Å²) in [7, 11) is 0. The summed E-state index contributed by atoms with van der Waals surface area (Å²) in [6.45, 7) is -0.0801. The second-order valence-electron chi connectivity index (χ2n) is 4.75. The number of esters is 1. The Morgan fingerprint density at radius 3 is 2.78 bits per heavy atom. The number of ether oxygens (including phenoxy) is 1. The lowest BCUT2D eigenvalue weighted by Gasteiger charge is -2.02. The highest BCUT2D eigenvalue weighted by Gasteiger charge is 2.13. The molecular weight excluding hydrogens is 321 g/mol. The Morgan fingerprint density at radius 1 is 1.17 bits per heavy atom. The predicted molar refractivity (Wildman–Crippen MR) is 82.5 cm³/mol. The quantitative estimate of drug-likeness (QED) is 0.661. The van der Waals surface area contributed by atoms with E-state index in [2.05, 4.69) is 5.16 Å². The van der Waals surface area contributed by atoms with Gasteiger partial charge in [-0.15, -0.1) is 0 Å². The molecule has 0 unspecified atom stereocenters. The molecule has 0 fully saturated rings. The molecule has 0 saturated carbocycles. The summed E-state index contributed by atoms with van der Waals surface area (Å²) in [5.74, 6) is -0.661. The molecule has 0 saturated heterocycles. The molecule has 3 rings (SSSR count). The normalized spacial score (nSPS) is 10.5. The van der Waals surface area contributed by atoms with Crippen LogP contribution in [0.15, 0.2) is 59.1 Å². The highest BCUT2D eigenvalue weighted by Crippen LogP contribution is 2.23. The van der Waals surface area contributed by atoms with Crippen LogP contribution in [-0.2, 0) is 11.3 Å². The molecule has 0 spiro atoms. The van der Waals surface area contributed by atoms with Gasteiger partial charge in [-0.3, -0.25) is 0 Å². The molecule has 23 heavy (non-hydrogen) atoms. The number of nitrogens with zero attached hydrogens (tertiary/aromatic N) is 1. The van der Waals surface area contributed by atoms with Crippen molar-refractivity contribution in [1.82, 2.24) is 5.16 Å². The maximum absolute atomic E-state index is 13.7. The lowest BCUT2D eigenvalue weighted by molar-refractivity contribution is 0.0464. The van der Waals surface area contributed by atoms with E-state index in [0.717, 1.165) is 0 Å². The fourth-order valence-corrected chi connectivity index (χ4v) is 2.20. The van der Waals surface area contributed by atoms with Gasteiger partial charge < -0.3 is 9.26 Å². The van der Waals surface area contributed by atoms with Crippen LogP contribution in [0.25, 0.3) is 11.3 Å².